The Labute approximate surface area is 134 Å². The Morgan fingerprint density at radius 1 is 1.05 bits per heavy atom. The second kappa shape index (κ2) is 11.7. The number of β-amino-alcohol motifs (C(OH)–C–C–N with tert-alkyl or cyclic N) is 1. The highest BCUT2D eigenvalue weighted by Gasteiger charge is 2.18. The molecule has 1 aliphatic heterocycles. The Kier molecular flexibility index (Phi) is 11.2. The molecule has 1 N–H and O–H groups in total. The predicted octanol–water partition coefficient (Wildman–Crippen LogP) is 2.09. The number of piperazine rings is 1. The maximum Gasteiger partial charge on any atom is 0.225 e. The van der Waals surface area contributed by atoms with Gasteiger partial charge in [-0.05, 0) is 19.9 Å². The largest absolute Gasteiger partial charge is 0.395 e. The monoisotopic (exact) mass is 316 g/mol. The topological polar surface area (TPSA) is 52.5 Å². The summed E-state index contributed by atoms with van der Waals surface area (Å²) in [4.78, 5) is 13.4. The molecule has 5 nitrogen and oxygen atoms in total. The molecule has 2 rings (SSSR count). The van der Waals surface area contributed by atoms with Crippen LogP contribution in [0.5, 0.6) is 0 Å². The lowest BCUT2D eigenvalue weighted by atomic mass is 10.3. The molecular formula is C15H29ClN4O. The second-order valence-electron chi connectivity index (χ2n) is 4.50. The van der Waals surface area contributed by atoms with Gasteiger partial charge in [0.05, 0.1) is 6.61 Å². The first kappa shape index (κ1) is 20.1. The van der Waals surface area contributed by atoms with Crippen molar-refractivity contribution < 1.29 is 5.11 Å². The Balaban J connectivity index is 0.000000921. The standard InChI is InChI=1S/C12H20N4O.C2H6.CH3Cl/c1-10-9-11(2)14-12(13-10)16-5-3-15(4-6-16)7-8-17;2*1-2/h9,17H,3-8H2,1-2H3;1-2H3;1H3. The van der Waals surface area contributed by atoms with Crippen LogP contribution in [0.3, 0.4) is 0 Å². The summed E-state index contributed by atoms with van der Waals surface area (Å²) >= 11 is 4.64. The quantitative estimate of drug-likeness (QED) is 0.865. The van der Waals surface area contributed by atoms with Crippen LogP contribution < -0.4 is 4.90 Å². The second-order valence-corrected chi connectivity index (χ2v) is 4.50. The molecule has 0 atom stereocenters. The molecule has 0 radical (unpaired) electrons. The van der Waals surface area contributed by atoms with Crippen molar-refractivity contribution in [2.75, 3.05) is 50.6 Å². The molecule has 0 unspecified atom stereocenters. The van der Waals surface area contributed by atoms with Crippen molar-refractivity contribution in [2.24, 2.45) is 0 Å². The lowest BCUT2D eigenvalue weighted by Crippen LogP contribution is -2.47. The molecule has 0 saturated carbocycles. The van der Waals surface area contributed by atoms with E-state index in [2.05, 4.69) is 31.4 Å². The van der Waals surface area contributed by atoms with Crippen LogP contribution >= 0.6 is 11.6 Å². The van der Waals surface area contributed by atoms with E-state index >= 15 is 0 Å². The van der Waals surface area contributed by atoms with E-state index in [0.29, 0.717) is 0 Å². The summed E-state index contributed by atoms with van der Waals surface area (Å²) in [5.41, 5.74) is 2.04. The van der Waals surface area contributed by atoms with Crippen LogP contribution in [0, 0.1) is 13.8 Å². The number of aliphatic hydroxyl groups is 1. The minimum absolute atomic E-state index is 0.236. The smallest absolute Gasteiger partial charge is 0.225 e. The number of hydrogen-bond donors (Lipinski definition) is 1. The number of hydrogen-bond acceptors (Lipinski definition) is 5. The third-order valence-electron chi connectivity index (χ3n) is 3.04. The van der Waals surface area contributed by atoms with Crippen molar-refractivity contribution in [3.63, 3.8) is 0 Å². The first-order valence-corrected chi connectivity index (χ1v) is 8.23. The van der Waals surface area contributed by atoms with Gasteiger partial charge in [0.25, 0.3) is 0 Å². The first-order valence-electron chi connectivity index (χ1n) is 7.47. The van der Waals surface area contributed by atoms with Crippen molar-refractivity contribution >= 4 is 17.5 Å². The van der Waals surface area contributed by atoms with Gasteiger partial charge < -0.3 is 10.0 Å². The Morgan fingerprint density at radius 2 is 1.52 bits per heavy atom. The molecule has 2 heterocycles. The van der Waals surface area contributed by atoms with Gasteiger partial charge in [0.2, 0.25) is 5.95 Å². The highest BCUT2D eigenvalue weighted by Crippen LogP contribution is 2.12. The molecule has 1 aromatic rings. The van der Waals surface area contributed by atoms with Gasteiger partial charge in [0, 0.05) is 50.5 Å². The Hall–Kier alpha value is -0.910. The lowest BCUT2D eigenvalue weighted by molar-refractivity contribution is 0.188. The zero-order valence-corrected chi connectivity index (χ0v) is 14.7. The number of anilines is 1. The van der Waals surface area contributed by atoms with Gasteiger partial charge in [0.15, 0.2) is 0 Å². The van der Waals surface area contributed by atoms with Crippen molar-refractivity contribution in [1.82, 2.24) is 14.9 Å². The minimum Gasteiger partial charge on any atom is -0.395 e. The van der Waals surface area contributed by atoms with E-state index in [-0.39, 0.29) is 6.61 Å². The summed E-state index contributed by atoms with van der Waals surface area (Å²) in [5.74, 6) is 0.839. The zero-order chi connectivity index (χ0) is 16.3. The number of aromatic nitrogens is 2. The molecule has 1 saturated heterocycles. The van der Waals surface area contributed by atoms with E-state index in [1.54, 1.807) is 0 Å². The molecule has 6 heteroatoms. The van der Waals surface area contributed by atoms with Crippen molar-refractivity contribution in [1.29, 1.82) is 0 Å². The molecule has 1 fully saturated rings. The van der Waals surface area contributed by atoms with Crippen molar-refractivity contribution in [2.45, 2.75) is 27.7 Å². The fourth-order valence-corrected chi connectivity index (χ4v) is 2.16. The van der Waals surface area contributed by atoms with Gasteiger partial charge >= 0.3 is 0 Å². The number of halogens is 1. The molecule has 0 amide bonds. The predicted molar refractivity (Wildman–Crippen MR) is 90.4 cm³/mol. The van der Waals surface area contributed by atoms with E-state index in [9.17, 15) is 0 Å². The summed E-state index contributed by atoms with van der Waals surface area (Å²) in [7, 11) is 0. The highest BCUT2D eigenvalue weighted by molar-refractivity contribution is 6.15. The molecule has 0 aliphatic carbocycles. The summed E-state index contributed by atoms with van der Waals surface area (Å²) in [6.07, 6.45) is 1.47. The number of aliphatic hydroxyl groups excluding tert-OH is 1. The average Bonchev–Trinajstić information content (AvgIpc) is 2.51. The van der Waals surface area contributed by atoms with Crippen LogP contribution in [-0.2, 0) is 0 Å². The SMILES string of the molecule is CC.CCl.Cc1cc(C)nc(N2CCN(CCO)CC2)n1. The zero-order valence-electron chi connectivity index (χ0n) is 13.9. The first-order chi connectivity index (χ1) is 10.2. The third-order valence-corrected chi connectivity index (χ3v) is 3.04. The van der Waals surface area contributed by atoms with E-state index in [1.165, 1.54) is 6.38 Å². The average molecular weight is 317 g/mol. The summed E-state index contributed by atoms with van der Waals surface area (Å²) in [5, 5.41) is 8.89. The molecule has 1 aromatic heterocycles. The van der Waals surface area contributed by atoms with Crippen LogP contribution in [0.1, 0.15) is 25.2 Å². The molecule has 21 heavy (non-hydrogen) atoms. The van der Waals surface area contributed by atoms with Gasteiger partial charge in [-0.1, -0.05) is 13.8 Å². The van der Waals surface area contributed by atoms with Gasteiger partial charge in [-0.3, -0.25) is 4.90 Å². The van der Waals surface area contributed by atoms with Crippen LogP contribution in [0.4, 0.5) is 5.95 Å². The molecule has 0 bridgehead atoms. The Bertz CT molecular complexity index is 362. The van der Waals surface area contributed by atoms with E-state index < -0.39 is 0 Å². The number of rotatable bonds is 3. The Morgan fingerprint density at radius 3 is 1.95 bits per heavy atom. The van der Waals surface area contributed by atoms with Gasteiger partial charge in [-0.25, -0.2) is 9.97 Å². The van der Waals surface area contributed by atoms with Crippen LogP contribution in [0.15, 0.2) is 6.07 Å². The molecule has 1 aliphatic rings. The van der Waals surface area contributed by atoms with Gasteiger partial charge in [-0.2, -0.15) is 0 Å². The normalized spacial score (nSPS) is 14.7. The maximum absolute atomic E-state index is 8.89. The molecule has 122 valence electrons. The number of aryl methyl sites for hydroxylation is 2. The number of alkyl halides is 1. The maximum atomic E-state index is 8.89. The van der Waals surface area contributed by atoms with Gasteiger partial charge in [0.1, 0.15) is 0 Å². The van der Waals surface area contributed by atoms with Crippen LogP contribution in [0.25, 0.3) is 0 Å². The lowest BCUT2D eigenvalue weighted by Gasteiger charge is -2.34. The molecular weight excluding hydrogens is 288 g/mol. The van der Waals surface area contributed by atoms with Crippen molar-refractivity contribution in [3.8, 4) is 0 Å². The van der Waals surface area contributed by atoms with Crippen LogP contribution in [-0.4, -0.2) is 65.7 Å². The highest BCUT2D eigenvalue weighted by atomic mass is 35.5. The van der Waals surface area contributed by atoms with Crippen LogP contribution in [0.2, 0.25) is 0 Å². The van der Waals surface area contributed by atoms with Gasteiger partial charge in [-0.15, -0.1) is 11.6 Å². The van der Waals surface area contributed by atoms with E-state index in [1.807, 2.05) is 33.8 Å². The van der Waals surface area contributed by atoms with Crippen molar-refractivity contribution in [3.05, 3.63) is 17.5 Å². The summed E-state index contributed by atoms with van der Waals surface area (Å²) in [6.45, 7) is 12.8. The number of nitrogens with zero attached hydrogens (tertiary/aromatic N) is 4. The summed E-state index contributed by atoms with van der Waals surface area (Å²) < 4.78 is 0. The summed E-state index contributed by atoms with van der Waals surface area (Å²) in [6, 6.07) is 1.99. The van der Waals surface area contributed by atoms with E-state index in [4.69, 9.17) is 5.11 Å². The molecule has 0 aromatic carbocycles. The fourth-order valence-electron chi connectivity index (χ4n) is 2.16. The third kappa shape index (κ3) is 7.07. The fraction of sp³-hybridized carbons (Fsp3) is 0.733. The van der Waals surface area contributed by atoms with E-state index in [0.717, 1.165) is 50.1 Å². The molecule has 0 spiro atoms. The minimum atomic E-state index is 0.236.